The van der Waals surface area contributed by atoms with E-state index in [1.165, 1.54) is 0 Å². The third kappa shape index (κ3) is 4.92. The van der Waals surface area contributed by atoms with Gasteiger partial charge in [-0.25, -0.2) is 9.59 Å². The Morgan fingerprint density at radius 3 is 2.26 bits per heavy atom. The van der Waals surface area contributed by atoms with E-state index in [1.54, 1.807) is 13.8 Å². The van der Waals surface area contributed by atoms with Crippen LogP contribution in [0.5, 0.6) is 0 Å². The molecule has 4 rings (SSSR count). The minimum Gasteiger partial charge on any atom is -0.480 e. The zero-order valence-electron chi connectivity index (χ0n) is 19.3. The number of carboxylic acid groups (broad SMARTS) is 1. The molecule has 0 spiro atoms. The Hall–Kier alpha value is -3.39. The molecule has 2 aliphatic rings. The molecule has 2 aromatic carbocycles. The summed E-state index contributed by atoms with van der Waals surface area (Å²) in [4.78, 5) is 36.5. The highest BCUT2D eigenvalue weighted by molar-refractivity contribution is 5.87. The first-order valence-corrected chi connectivity index (χ1v) is 11.6. The van der Waals surface area contributed by atoms with E-state index in [0.717, 1.165) is 22.3 Å². The van der Waals surface area contributed by atoms with Crippen LogP contribution in [0.4, 0.5) is 4.79 Å². The van der Waals surface area contributed by atoms with Gasteiger partial charge in [-0.15, -0.1) is 0 Å². The first-order valence-electron chi connectivity index (χ1n) is 11.6. The van der Waals surface area contributed by atoms with Crippen LogP contribution in [0.15, 0.2) is 48.5 Å². The van der Waals surface area contributed by atoms with Crippen molar-refractivity contribution in [3.63, 3.8) is 0 Å². The van der Waals surface area contributed by atoms with E-state index in [4.69, 9.17) is 9.47 Å². The fourth-order valence-electron chi connectivity index (χ4n) is 4.75. The number of carboxylic acids is 1. The molecule has 1 aliphatic heterocycles. The van der Waals surface area contributed by atoms with Crippen molar-refractivity contribution in [1.29, 1.82) is 0 Å². The molecule has 3 N–H and O–H groups in total. The summed E-state index contributed by atoms with van der Waals surface area (Å²) in [5.41, 5.74) is 4.58. The number of ether oxygens (including phenoxy) is 2. The lowest BCUT2D eigenvalue weighted by molar-refractivity contribution is -0.145. The molecule has 8 nitrogen and oxygen atoms in total. The summed E-state index contributed by atoms with van der Waals surface area (Å²) in [6, 6.07) is 15.2. The molecular formula is C26H30N2O6. The molecule has 2 unspecified atom stereocenters. The Balaban J connectivity index is 1.31. The first kappa shape index (κ1) is 23.8. The average Bonchev–Trinajstić information content (AvgIpc) is 3.42. The fourth-order valence-corrected chi connectivity index (χ4v) is 4.75. The highest BCUT2D eigenvalue weighted by Gasteiger charge is 2.37. The Morgan fingerprint density at radius 1 is 1.06 bits per heavy atom. The molecular weight excluding hydrogens is 436 g/mol. The van der Waals surface area contributed by atoms with Crippen molar-refractivity contribution in [2.75, 3.05) is 19.8 Å². The van der Waals surface area contributed by atoms with E-state index >= 15 is 0 Å². The van der Waals surface area contributed by atoms with Crippen LogP contribution in [0, 0.1) is 11.8 Å². The zero-order valence-corrected chi connectivity index (χ0v) is 19.3. The molecule has 1 fully saturated rings. The van der Waals surface area contributed by atoms with E-state index in [9.17, 15) is 19.5 Å². The molecule has 2 amide bonds. The highest BCUT2D eigenvalue weighted by atomic mass is 16.5. The van der Waals surface area contributed by atoms with E-state index in [2.05, 4.69) is 34.9 Å². The van der Waals surface area contributed by atoms with Crippen molar-refractivity contribution < 1.29 is 29.0 Å². The summed E-state index contributed by atoms with van der Waals surface area (Å²) in [5, 5.41) is 14.6. The fraction of sp³-hybridized carbons (Fsp3) is 0.423. The van der Waals surface area contributed by atoms with Gasteiger partial charge in [-0.3, -0.25) is 4.79 Å². The van der Waals surface area contributed by atoms with E-state index in [1.807, 2.05) is 24.3 Å². The van der Waals surface area contributed by atoms with Gasteiger partial charge >= 0.3 is 12.1 Å². The van der Waals surface area contributed by atoms with Crippen LogP contribution in [-0.2, 0) is 19.1 Å². The molecule has 0 aromatic heterocycles. The second-order valence-corrected chi connectivity index (χ2v) is 9.12. The number of alkyl carbamates (subject to hydrolysis) is 1. The normalized spacial score (nSPS) is 19.9. The van der Waals surface area contributed by atoms with Gasteiger partial charge in [-0.1, -0.05) is 62.4 Å². The standard InChI is InChI=1S/C26H30N2O6/c1-15(2)22(25(30)31)28-24(29)23-16(11-12-33-23)13-27-26(32)34-14-21-19-9-5-3-7-17(19)18-8-4-6-10-20(18)21/h3-10,15-16,21-23H,11-14H2,1-2H3,(H,27,32)(H,28,29)(H,30,31)/t16?,22-,23?/m0/s1. The molecule has 0 saturated carbocycles. The van der Waals surface area contributed by atoms with Crippen LogP contribution >= 0.6 is 0 Å². The predicted octanol–water partition coefficient (Wildman–Crippen LogP) is 3.16. The number of amides is 2. The molecule has 2 aromatic rings. The Kier molecular flexibility index (Phi) is 7.17. The minimum atomic E-state index is -1.09. The van der Waals surface area contributed by atoms with Crippen molar-refractivity contribution >= 4 is 18.0 Å². The maximum absolute atomic E-state index is 12.6. The predicted molar refractivity (Wildman–Crippen MR) is 125 cm³/mol. The molecule has 0 bridgehead atoms. The van der Waals surface area contributed by atoms with Crippen LogP contribution in [0.3, 0.4) is 0 Å². The molecule has 3 atom stereocenters. The number of nitrogens with one attached hydrogen (secondary N) is 2. The van der Waals surface area contributed by atoms with Crippen molar-refractivity contribution in [3.8, 4) is 11.1 Å². The second kappa shape index (κ2) is 10.3. The second-order valence-electron chi connectivity index (χ2n) is 9.12. The molecule has 0 radical (unpaired) electrons. The summed E-state index contributed by atoms with van der Waals surface area (Å²) in [7, 11) is 0. The lowest BCUT2D eigenvalue weighted by Gasteiger charge is -2.23. The van der Waals surface area contributed by atoms with E-state index in [-0.39, 0.29) is 30.9 Å². The quantitative estimate of drug-likeness (QED) is 0.551. The van der Waals surface area contributed by atoms with Gasteiger partial charge in [0.1, 0.15) is 18.8 Å². The topological polar surface area (TPSA) is 114 Å². The lowest BCUT2D eigenvalue weighted by atomic mass is 9.98. The maximum Gasteiger partial charge on any atom is 0.407 e. The third-order valence-electron chi connectivity index (χ3n) is 6.56. The average molecular weight is 467 g/mol. The van der Waals surface area contributed by atoms with Crippen molar-refractivity contribution in [2.24, 2.45) is 11.8 Å². The van der Waals surface area contributed by atoms with Crippen LogP contribution in [-0.4, -0.2) is 55.0 Å². The van der Waals surface area contributed by atoms with Gasteiger partial charge in [0, 0.05) is 25.0 Å². The van der Waals surface area contributed by atoms with Crippen molar-refractivity contribution in [3.05, 3.63) is 59.7 Å². The number of hydrogen-bond donors (Lipinski definition) is 3. The third-order valence-corrected chi connectivity index (χ3v) is 6.56. The first-order chi connectivity index (χ1) is 16.4. The van der Waals surface area contributed by atoms with Crippen LogP contribution in [0.2, 0.25) is 0 Å². The Morgan fingerprint density at radius 2 is 1.68 bits per heavy atom. The zero-order chi connectivity index (χ0) is 24.2. The smallest absolute Gasteiger partial charge is 0.407 e. The number of rotatable bonds is 8. The van der Waals surface area contributed by atoms with Gasteiger partial charge in [0.05, 0.1) is 0 Å². The van der Waals surface area contributed by atoms with Gasteiger partial charge in [0.15, 0.2) is 0 Å². The largest absolute Gasteiger partial charge is 0.480 e. The van der Waals surface area contributed by atoms with Gasteiger partial charge in [0.25, 0.3) is 0 Å². The number of fused-ring (bicyclic) bond motifs is 3. The minimum absolute atomic E-state index is 0.0320. The Labute approximate surface area is 198 Å². The number of aliphatic carboxylic acids is 1. The highest BCUT2D eigenvalue weighted by Crippen LogP contribution is 2.44. The maximum atomic E-state index is 12.6. The van der Waals surface area contributed by atoms with Crippen LogP contribution in [0.25, 0.3) is 11.1 Å². The molecule has 34 heavy (non-hydrogen) atoms. The molecule has 1 heterocycles. The van der Waals surface area contributed by atoms with Crippen LogP contribution in [0.1, 0.15) is 37.3 Å². The van der Waals surface area contributed by atoms with Gasteiger partial charge < -0.3 is 25.2 Å². The van der Waals surface area contributed by atoms with Crippen molar-refractivity contribution in [1.82, 2.24) is 10.6 Å². The summed E-state index contributed by atoms with van der Waals surface area (Å²) in [5.74, 6) is -2.12. The van der Waals surface area contributed by atoms with Gasteiger partial charge in [-0.2, -0.15) is 0 Å². The molecule has 1 aliphatic carbocycles. The molecule has 180 valence electrons. The SMILES string of the molecule is CC(C)[C@H](NC(=O)C1OCCC1CNC(=O)OCC1c2ccccc2-c2ccccc21)C(=O)O. The Bertz CT molecular complexity index is 1020. The number of hydrogen-bond acceptors (Lipinski definition) is 5. The van der Waals surface area contributed by atoms with E-state index < -0.39 is 30.1 Å². The molecule has 8 heteroatoms. The van der Waals surface area contributed by atoms with Crippen molar-refractivity contribution in [2.45, 2.75) is 38.3 Å². The van der Waals surface area contributed by atoms with Gasteiger partial charge in [0.2, 0.25) is 5.91 Å². The monoisotopic (exact) mass is 466 g/mol. The summed E-state index contributed by atoms with van der Waals surface area (Å²) < 4.78 is 11.1. The molecule has 1 saturated heterocycles. The van der Waals surface area contributed by atoms with Crippen LogP contribution < -0.4 is 10.6 Å². The lowest BCUT2D eigenvalue weighted by Crippen LogP contribution is -2.50. The number of benzene rings is 2. The number of carbonyl (C=O) groups excluding carboxylic acids is 2. The number of carbonyl (C=O) groups is 3. The van der Waals surface area contributed by atoms with E-state index in [0.29, 0.717) is 13.0 Å². The summed E-state index contributed by atoms with van der Waals surface area (Å²) in [6.07, 6.45) is -0.783. The summed E-state index contributed by atoms with van der Waals surface area (Å²) >= 11 is 0. The summed E-state index contributed by atoms with van der Waals surface area (Å²) in [6.45, 7) is 4.23. The van der Waals surface area contributed by atoms with Gasteiger partial charge in [-0.05, 0) is 34.6 Å².